The minimum atomic E-state index is -1.73. The highest BCUT2D eigenvalue weighted by atomic mass is 28.3. The summed E-state index contributed by atoms with van der Waals surface area (Å²) in [7, 11) is -1.73. The van der Waals surface area contributed by atoms with E-state index in [0.717, 1.165) is 11.5 Å². The van der Waals surface area contributed by atoms with E-state index in [1.54, 1.807) is 0 Å². The predicted molar refractivity (Wildman–Crippen MR) is 188 cm³/mol. The molecule has 5 aliphatic rings. The standard InChI is InChI=1S/C41H32N4OSi/c1-40(2)26-12-7-9-14-29(26)42-31-15-10-16-33-36(31)41-37-34(46-33)20-17-25-24-11-6-8-13-28(24)43(38(25)37)35-22-23(47(3,4)5)21-32(44(35)41)30-19-18-27(40)39(42)45(30)41/h6-22H,1-5H3/q+2. The molecular weight excluding hydrogens is 593 g/mol. The van der Waals surface area contributed by atoms with Crippen LogP contribution in [0.3, 0.4) is 0 Å². The van der Waals surface area contributed by atoms with Crippen LogP contribution in [0.1, 0.15) is 36.1 Å². The fourth-order valence-electron chi connectivity index (χ4n) is 9.82. The number of hydrogen-bond acceptors (Lipinski definition) is 2. The number of para-hydroxylation sites is 2. The summed E-state index contributed by atoms with van der Waals surface area (Å²) in [6.45, 7) is 12.2. The first-order valence-corrected chi connectivity index (χ1v) is 20.2. The lowest BCUT2D eigenvalue weighted by Gasteiger charge is -2.45. The van der Waals surface area contributed by atoms with Gasteiger partial charge in [0.25, 0.3) is 11.6 Å². The second-order valence-corrected chi connectivity index (χ2v) is 20.5. The van der Waals surface area contributed by atoms with E-state index in [0.29, 0.717) is 0 Å². The van der Waals surface area contributed by atoms with Gasteiger partial charge >= 0.3 is 5.66 Å². The van der Waals surface area contributed by atoms with Crippen LogP contribution in [0.15, 0.2) is 103 Å². The summed E-state index contributed by atoms with van der Waals surface area (Å²) >= 11 is 0. The van der Waals surface area contributed by atoms with E-state index in [1.807, 2.05) is 0 Å². The quantitative estimate of drug-likeness (QED) is 0.137. The van der Waals surface area contributed by atoms with Crippen molar-refractivity contribution in [2.75, 3.05) is 4.90 Å². The molecule has 3 aromatic heterocycles. The third kappa shape index (κ3) is 2.44. The molecule has 4 aromatic carbocycles. The summed E-state index contributed by atoms with van der Waals surface area (Å²) in [6.07, 6.45) is 0. The zero-order chi connectivity index (χ0) is 31.4. The molecule has 8 heterocycles. The van der Waals surface area contributed by atoms with Crippen molar-refractivity contribution in [1.29, 1.82) is 0 Å². The topological polar surface area (TPSA) is 25.2 Å². The van der Waals surface area contributed by atoms with Gasteiger partial charge in [-0.25, -0.2) is 0 Å². The molecule has 0 aliphatic carbocycles. The van der Waals surface area contributed by atoms with Crippen LogP contribution in [0, 0.1) is 0 Å². The summed E-state index contributed by atoms with van der Waals surface area (Å²) in [5, 5.41) is 4.02. The number of aromatic nitrogens is 3. The summed E-state index contributed by atoms with van der Waals surface area (Å²) < 4.78 is 15.0. The molecule has 47 heavy (non-hydrogen) atoms. The van der Waals surface area contributed by atoms with Gasteiger partial charge in [-0.1, -0.05) is 69.9 Å². The number of benzene rings is 4. The average Bonchev–Trinajstić information content (AvgIpc) is 3.56. The Morgan fingerprint density at radius 2 is 1.45 bits per heavy atom. The van der Waals surface area contributed by atoms with E-state index in [4.69, 9.17) is 4.74 Å². The highest BCUT2D eigenvalue weighted by Crippen LogP contribution is 2.63. The Kier molecular flexibility index (Phi) is 3.90. The van der Waals surface area contributed by atoms with Gasteiger partial charge in [0, 0.05) is 27.8 Å². The Bertz CT molecular complexity index is 2700. The van der Waals surface area contributed by atoms with Gasteiger partial charge in [0.1, 0.15) is 39.5 Å². The zero-order valence-electron chi connectivity index (χ0n) is 27.0. The fourth-order valence-corrected chi connectivity index (χ4v) is 11.0. The Hall–Kier alpha value is -5.20. The molecule has 1 spiro atoms. The van der Waals surface area contributed by atoms with Crippen molar-refractivity contribution in [3.63, 3.8) is 0 Å². The lowest BCUT2D eigenvalue weighted by molar-refractivity contribution is -0.932. The number of rotatable bonds is 1. The Morgan fingerprint density at radius 3 is 2.32 bits per heavy atom. The normalized spacial score (nSPS) is 19.1. The lowest BCUT2D eigenvalue weighted by Crippen LogP contribution is -2.76. The van der Waals surface area contributed by atoms with Crippen LogP contribution in [0.5, 0.6) is 11.5 Å². The first-order valence-electron chi connectivity index (χ1n) is 16.7. The lowest BCUT2D eigenvalue weighted by atomic mass is 9.72. The van der Waals surface area contributed by atoms with Crippen LogP contribution >= 0.6 is 0 Å². The summed E-state index contributed by atoms with van der Waals surface area (Å²) in [6, 6.07) is 38.9. The Labute approximate surface area is 273 Å². The number of nitrogens with zero attached hydrogens (tertiary/aromatic N) is 4. The molecule has 12 rings (SSSR count). The highest BCUT2D eigenvalue weighted by Gasteiger charge is 2.71. The van der Waals surface area contributed by atoms with Crippen molar-refractivity contribution in [1.82, 2.24) is 4.57 Å². The van der Waals surface area contributed by atoms with Gasteiger partial charge in [0.05, 0.1) is 13.6 Å². The van der Waals surface area contributed by atoms with Gasteiger partial charge in [0.15, 0.2) is 16.9 Å². The third-order valence-electron chi connectivity index (χ3n) is 11.8. The SMILES string of the molecule is CC1(C)c2ccccc2N2c3cccc4c3C35c6c(ccc7c8ccccc8n(c67)-c6cc([Si](C)(C)C)cc([n+]63)-c3ccc1c2[n+]35)O4. The van der Waals surface area contributed by atoms with Crippen molar-refractivity contribution in [3.05, 3.63) is 125 Å². The van der Waals surface area contributed by atoms with Gasteiger partial charge in [-0.2, -0.15) is 18.6 Å². The van der Waals surface area contributed by atoms with E-state index >= 15 is 0 Å². The molecule has 5 aliphatic heterocycles. The number of pyridine rings is 2. The third-order valence-corrected chi connectivity index (χ3v) is 13.8. The average molecular weight is 625 g/mol. The smallest absolute Gasteiger partial charge is 0.323 e. The molecule has 5 nitrogen and oxygen atoms in total. The van der Waals surface area contributed by atoms with E-state index in [1.165, 1.54) is 83.6 Å². The maximum Gasteiger partial charge on any atom is 0.323 e. The predicted octanol–water partition coefficient (Wildman–Crippen LogP) is 8.02. The van der Waals surface area contributed by atoms with Crippen molar-refractivity contribution >= 4 is 52.3 Å². The molecule has 0 radical (unpaired) electrons. The molecule has 0 fully saturated rings. The number of ether oxygens (including phenoxy) is 1. The molecule has 0 N–H and O–H groups in total. The first kappa shape index (κ1) is 25.0. The number of fused-ring (bicyclic) bond motifs is 8. The largest absolute Gasteiger partial charge is 0.456 e. The second kappa shape index (κ2) is 7.34. The maximum atomic E-state index is 7.02. The molecule has 0 bridgehead atoms. The van der Waals surface area contributed by atoms with Crippen molar-refractivity contribution in [2.24, 2.45) is 0 Å². The van der Waals surface area contributed by atoms with Crippen LogP contribution in [0.25, 0.3) is 39.0 Å². The number of anilines is 3. The highest BCUT2D eigenvalue weighted by molar-refractivity contribution is 6.88. The maximum absolute atomic E-state index is 7.02. The summed E-state index contributed by atoms with van der Waals surface area (Å²) in [5.41, 5.74) is 11.8. The van der Waals surface area contributed by atoms with Crippen LogP contribution in [-0.4, -0.2) is 12.6 Å². The monoisotopic (exact) mass is 624 g/mol. The summed E-state index contributed by atoms with van der Waals surface area (Å²) in [5.74, 6) is 4.36. The van der Waals surface area contributed by atoms with E-state index in [2.05, 4.69) is 155 Å². The van der Waals surface area contributed by atoms with E-state index in [9.17, 15) is 0 Å². The molecule has 0 saturated heterocycles. The Morgan fingerprint density at radius 1 is 0.660 bits per heavy atom. The van der Waals surface area contributed by atoms with Crippen LogP contribution < -0.4 is 24.0 Å². The van der Waals surface area contributed by atoms with E-state index in [-0.39, 0.29) is 5.41 Å². The first-order chi connectivity index (χ1) is 22.7. The molecule has 1 atom stereocenters. The fraction of sp³-hybridized carbons (Fsp3) is 0.171. The van der Waals surface area contributed by atoms with Crippen LogP contribution in [0.4, 0.5) is 17.2 Å². The van der Waals surface area contributed by atoms with Crippen LogP contribution in [0.2, 0.25) is 19.6 Å². The van der Waals surface area contributed by atoms with Crippen molar-refractivity contribution in [2.45, 2.75) is 44.6 Å². The van der Waals surface area contributed by atoms with Gasteiger partial charge < -0.3 is 4.74 Å². The van der Waals surface area contributed by atoms with Crippen molar-refractivity contribution in [3.8, 4) is 28.7 Å². The van der Waals surface area contributed by atoms with Gasteiger partial charge in [-0.05, 0) is 65.9 Å². The molecular formula is C41H32N4OSi+2. The van der Waals surface area contributed by atoms with Crippen LogP contribution in [-0.2, 0) is 11.1 Å². The molecule has 224 valence electrons. The Balaban J connectivity index is 1.40. The molecule has 0 amide bonds. The molecule has 1 unspecified atom stereocenters. The zero-order valence-corrected chi connectivity index (χ0v) is 28.0. The minimum absolute atomic E-state index is 0.189. The molecule has 0 saturated carbocycles. The van der Waals surface area contributed by atoms with Crippen molar-refractivity contribution < 1.29 is 13.9 Å². The van der Waals surface area contributed by atoms with Gasteiger partial charge in [0.2, 0.25) is 0 Å². The molecule has 6 heteroatoms. The van der Waals surface area contributed by atoms with E-state index < -0.39 is 13.7 Å². The molecule has 7 aromatic rings. The minimum Gasteiger partial charge on any atom is -0.456 e. The summed E-state index contributed by atoms with van der Waals surface area (Å²) in [4.78, 5) is 2.54. The van der Waals surface area contributed by atoms with Gasteiger partial charge in [-0.3, -0.25) is 0 Å². The van der Waals surface area contributed by atoms with Gasteiger partial charge in [-0.15, -0.1) is 0 Å². The number of hydrogen-bond donors (Lipinski definition) is 0. The second-order valence-electron chi connectivity index (χ2n) is 15.5.